The summed E-state index contributed by atoms with van der Waals surface area (Å²) in [4.78, 5) is 33.3. The molecule has 2 saturated heterocycles. The number of carbonyl (C=O) groups excluding carboxylic acids is 1. The quantitative estimate of drug-likeness (QED) is 0.222. The van der Waals surface area contributed by atoms with Gasteiger partial charge in [0.25, 0.3) is 0 Å². The van der Waals surface area contributed by atoms with Crippen LogP contribution in [0.2, 0.25) is 0 Å². The number of likely N-dealkylation sites (N-methyl/N-ethyl adjacent to an activating group) is 1. The number of amides is 1. The van der Waals surface area contributed by atoms with Crippen LogP contribution in [0, 0.1) is 5.92 Å². The van der Waals surface area contributed by atoms with Crippen LogP contribution < -0.4 is 5.32 Å². The van der Waals surface area contributed by atoms with Gasteiger partial charge in [0.05, 0.1) is 17.5 Å². The first-order valence-electron chi connectivity index (χ1n) is 10.3. The number of hydrogen-bond acceptors (Lipinski definition) is 8. The first-order valence-corrected chi connectivity index (χ1v) is 13.6. The van der Waals surface area contributed by atoms with Crippen LogP contribution in [-0.4, -0.2) is 98.0 Å². The van der Waals surface area contributed by atoms with Gasteiger partial charge in [0, 0.05) is 6.54 Å². The first-order chi connectivity index (χ1) is 14.4. The van der Waals surface area contributed by atoms with Crippen molar-refractivity contribution in [3.63, 3.8) is 0 Å². The van der Waals surface area contributed by atoms with Crippen LogP contribution in [0.4, 0.5) is 0 Å². The van der Waals surface area contributed by atoms with E-state index in [0.717, 1.165) is 37.6 Å². The first kappa shape index (κ1) is 27.3. The van der Waals surface area contributed by atoms with Crippen LogP contribution in [0.1, 0.15) is 33.1 Å². The fourth-order valence-corrected chi connectivity index (χ4v) is 5.93. The SMILES string of the molecule is CCC[C@@H]1C[C@@H](C(=O)NC([C@H](C)Cl)[C@H]2O[C@H](SC)[C@H](OP(=O)(O)O)[C@@H](O)[C@H]2O)N(C)C1. The van der Waals surface area contributed by atoms with Gasteiger partial charge in [-0.2, -0.15) is 0 Å². The van der Waals surface area contributed by atoms with Gasteiger partial charge in [-0.05, 0) is 39.0 Å². The van der Waals surface area contributed by atoms with Crippen LogP contribution in [0.15, 0.2) is 0 Å². The molecule has 13 heteroatoms. The molecule has 5 N–H and O–H groups in total. The topological polar surface area (TPSA) is 149 Å². The number of aliphatic hydroxyl groups excluding tert-OH is 2. The molecular weight excluding hydrogens is 471 g/mol. The molecule has 2 aliphatic heterocycles. The second-order valence-electron chi connectivity index (χ2n) is 8.30. The summed E-state index contributed by atoms with van der Waals surface area (Å²) < 4.78 is 21.7. The summed E-state index contributed by atoms with van der Waals surface area (Å²) in [7, 11) is -3.04. The lowest BCUT2D eigenvalue weighted by molar-refractivity contribution is -0.201. The molecule has 2 rings (SSSR count). The van der Waals surface area contributed by atoms with Crippen molar-refractivity contribution in [3.8, 4) is 0 Å². The summed E-state index contributed by atoms with van der Waals surface area (Å²) in [5.74, 6) is 0.195. The Morgan fingerprint density at radius 3 is 2.55 bits per heavy atom. The standard InChI is InChI=1S/C18H34ClN2O8PS/c1-5-6-10-7-11(21(3)8-10)17(24)20-12(9(2)19)15-13(22)14(23)16(18(28-15)31-4)29-30(25,26)27/h9-16,18,22-23H,5-8H2,1-4H3,(H,20,24)(H2,25,26,27)/t9-,10+,11-,12?,13+,14-,15+,16+,18+/m0/s1. The van der Waals surface area contributed by atoms with Crippen LogP contribution in [0.5, 0.6) is 0 Å². The molecule has 0 saturated carbocycles. The van der Waals surface area contributed by atoms with Gasteiger partial charge in [-0.15, -0.1) is 23.4 Å². The Kier molecular flexibility index (Phi) is 10.1. The molecular formula is C18H34ClN2O8PS. The number of thioether (sulfide) groups is 1. The number of carbonyl (C=O) groups is 1. The third-order valence-electron chi connectivity index (χ3n) is 5.87. The molecule has 182 valence electrons. The highest BCUT2D eigenvalue weighted by molar-refractivity contribution is 7.99. The largest absolute Gasteiger partial charge is 0.470 e. The number of hydrogen-bond donors (Lipinski definition) is 5. The zero-order chi connectivity index (χ0) is 23.5. The fraction of sp³-hybridized carbons (Fsp3) is 0.944. The third kappa shape index (κ3) is 7.02. The molecule has 0 aliphatic carbocycles. The van der Waals surface area contributed by atoms with E-state index >= 15 is 0 Å². The second kappa shape index (κ2) is 11.5. The van der Waals surface area contributed by atoms with Gasteiger partial charge in [0.2, 0.25) is 5.91 Å². The average molecular weight is 505 g/mol. The average Bonchev–Trinajstić information content (AvgIpc) is 3.03. The molecule has 0 aromatic rings. The predicted octanol–water partition coefficient (Wildman–Crippen LogP) is 0.507. The Bertz CT molecular complexity index is 654. The highest BCUT2D eigenvalue weighted by atomic mass is 35.5. The zero-order valence-electron chi connectivity index (χ0n) is 18.1. The maximum atomic E-state index is 13.0. The van der Waals surface area contributed by atoms with E-state index in [1.807, 2.05) is 11.9 Å². The van der Waals surface area contributed by atoms with Crippen molar-refractivity contribution in [1.82, 2.24) is 10.2 Å². The zero-order valence-corrected chi connectivity index (χ0v) is 20.6. The monoisotopic (exact) mass is 504 g/mol. The number of rotatable bonds is 9. The van der Waals surface area contributed by atoms with E-state index in [1.54, 1.807) is 13.2 Å². The van der Waals surface area contributed by atoms with Crippen molar-refractivity contribution < 1.29 is 38.6 Å². The molecule has 2 heterocycles. The van der Waals surface area contributed by atoms with Crippen LogP contribution in [0.25, 0.3) is 0 Å². The molecule has 0 spiro atoms. The second-order valence-corrected chi connectivity index (χ2v) is 11.1. The molecule has 2 aliphatic rings. The molecule has 2 fully saturated rings. The minimum absolute atomic E-state index is 0.238. The summed E-state index contributed by atoms with van der Waals surface area (Å²) in [6, 6.07) is -1.18. The number of phosphoric acid groups is 1. The minimum Gasteiger partial charge on any atom is -0.388 e. The highest BCUT2D eigenvalue weighted by Gasteiger charge is 2.51. The molecule has 0 aromatic carbocycles. The molecule has 10 nitrogen and oxygen atoms in total. The molecule has 0 bridgehead atoms. The molecule has 1 amide bonds. The van der Waals surface area contributed by atoms with Crippen molar-refractivity contribution >= 4 is 37.1 Å². The lowest BCUT2D eigenvalue weighted by atomic mass is 9.92. The summed E-state index contributed by atoms with van der Waals surface area (Å²) >= 11 is 7.38. The van der Waals surface area contributed by atoms with Crippen LogP contribution in [0.3, 0.4) is 0 Å². The van der Waals surface area contributed by atoms with E-state index in [9.17, 15) is 19.6 Å². The van der Waals surface area contributed by atoms with E-state index in [0.29, 0.717) is 5.92 Å². The summed E-state index contributed by atoms with van der Waals surface area (Å²) in [5.41, 5.74) is -0.992. The Labute approximate surface area is 192 Å². The van der Waals surface area contributed by atoms with Crippen LogP contribution >= 0.6 is 31.2 Å². The Balaban J connectivity index is 2.15. The molecule has 0 aromatic heterocycles. The van der Waals surface area contributed by atoms with Crippen LogP contribution in [-0.2, 0) is 18.6 Å². The van der Waals surface area contributed by atoms with Gasteiger partial charge >= 0.3 is 7.82 Å². The lowest BCUT2D eigenvalue weighted by Gasteiger charge is -2.45. The van der Waals surface area contributed by atoms with E-state index in [2.05, 4.69) is 16.8 Å². The summed E-state index contributed by atoms with van der Waals surface area (Å²) in [6.07, 6.45) is -1.37. The number of likely N-dealkylation sites (tertiary alicyclic amines) is 1. The number of ether oxygens (including phenoxy) is 1. The minimum atomic E-state index is -4.93. The Morgan fingerprint density at radius 2 is 2.03 bits per heavy atom. The summed E-state index contributed by atoms with van der Waals surface area (Å²) in [5, 5.41) is 23.4. The smallest absolute Gasteiger partial charge is 0.388 e. The molecule has 1 unspecified atom stereocenters. The molecule has 9 atom stereocenters. The van der Waals surface area contributed by atoms with Crippen molar-refractivity contribution in [2.75, 3.05) is 19.8 Å². The lowest BCUT2D eigenvalue weighted by Crippen LogP contribution is -2.65. The number of nitrogens with zero attached hydrogens (tertiary/aromatic N) is 1. The van der Waals surface area contributed by atoms with Gasteiger partial charge < -0.3 is 30.1 Å². The van der Waals surface area contributed by atoms with Gasteiger partial charge in [-0.25, -0.2) is 4.57 Å². The fourth-order valence-electron chi connectivity index (χ4n) is 4.37. The Hall–Kier alpha value is 0.0600. The molecule has 31 heavy (non-hydrogen) atoms. The van der Waals surface area contributed by atoms with E-state index in [1.165, 1.54) is 0 Å². The third-order valence-corrected chi connectivity index (χ3v) is 7.50. The van der Waals surface area contributed by atoms with Crippen molar-refractivity contribution in [2.24, 2.45) is 5.92 Å². The number of phosphoric ester groups is 1. The van der Waals surface area contributed by atoms with Crippen molar-refractivity contribution in [2.45, 2.75) is 80.4 Å². The van der Waals surface area contributed by atoms with Crippen molar-refractivity contribution in [1.29, 1.82) is 0 Å². The van der Waals surface area contributed by atoms with Gasteiger partial charge in [0.15, 0.2) is 0 Å². The van der Waals surface area contributed by atoms with Gasteiger partial charge in [-0.1, -0.05) is 13.3 Å². The maximum Gasteiger partial charge on any atom is 0.470 e. The maximum absolute atomic E-state index is 13.0. The van der Waals surface area contributed by atoms with Crippen molar-refractivity contribution in [3.05, 3.63) is 0 Å². The van der Waals surface area contributed by atoms with Gasteiger partial charge in [-0.3, -0.25) is 14.2 Å². The van der Waals surface area contributed by atoms with E-state index in [4.69, 9.17) is 26.1 Å². The normalized spacial score (nSPS) is 36.9. The predicted molar refractivity (Wildman–Crippen MR) is 118 cm³/mol. The Morgan fingerprint density at radius 1 is 1.39 bits per heavy atom. The number of halogens is 1. The van der Waals surface area contributed by atoms with E-state index < -0.39 is 49.1 Å². The number of aliphatic hydroxyl groups is 2. The number of alkyl halides is 1. The van der Waals surface area contributed by atoms with Gasteiger partial charge in [0.1, 0.15) is 29.9 Å². The summed E-state index contributed by atoms with van der Waals surface area (Å²) in [6.45, 7) is 4.57. The van der Waals surface area contributed by atoms with E-state index in [-0.39, 0.29) is 11.9 Å². The highest BCUT2D eigenvalue weighted by Crippen LogP contribution is 2.43. The number of nitrogens with one attached hydrogen (secondary N) is 1. The molecule has 0 radical (unpaired) electrons.